The maximum atomic E-state index is 13.2. The molecule has 0 saturated carbocycles. The molecule has 0 spiro atoms. The number of aromatic nitrogens is 1. The Kier molecular flexibility index (Phi) is 5.30. The van der Waals surface area contributed by atoms with E-state index in [0.29, 0.717) is 0 Å². The molecule has 0 fully saturated rings. The Hall–Kier alpha value is -1.98. The topological polar surface area (TPSA) is 33.2 Å². The zero-order valence-corrected chi connectivity index (χ0v) is 17.5. The van der Waals surface area contributed by atoms with Gasteiger partial charge in [-0.1, -0.05) is 59.3 Å². The first kappa shape index (κ1) is 18.8. The fourth-order valence-electron chi connectivity index (χ4n) is 3.12. The van der Waals surface area contributed by atoms with Gasteiger partial charge in [0.05, 0.1) is 10.2 Å². The summed E-state index contributed by atoms with van der Waals surface area (Å²) < 4.78 is 2.07. The van der Waals surface area contributed by atoms with Crippen molar-refractivity contribution in [3.63, 3.8) is 0 Å². The largest absolute Gasteiger partial charge is 0.348 e. The normalized spacial score (nSPS) is 14.6. The Morgan fingerprint density at radius 1 is 1.27 bits per heavy atom. The number of allylic oxidation sites excluding steroid dienone is 1. The molecule has 0 bridgehead atoms. The van der Waals surface area contributed by atoms with Crippen LogP contribution in [-0.4, -0.2) is 29.9 Å². The van der Waals surface area contributed by atoms with Crippen LogP contribution in [0.1, 0.15) is 23.4 Å². The van der Waals surface area contributed by atoms with Crippen LogP contribution in [0.3, 0.4) is 0 Å². The molecular weight excluding hydrogens is 408 g/mol. The van der Waals surface area contributed by atoms with E-state index in [9.17, 15) is 4.79 Å². The van der Waals surface area contributed by atoms with Crippen LogP contribution in [0.25, 0.3) is 10.2 Å². The number of hydrogen-bond acceptors (Lipinski definition) is 3. The third-order valence-electron chi connectivity index (χ3n) is 4.72. The van der Waals surface area contributed by atoms with E-state index in [0.717, 1.165) is 25.3 Å². The smallest absolute Gasteiger partial charge is 0.233 e. The molecule has 0 radical (unpaired) electrons. The molecule has 134 valence electrons. The van der Waals surface area contributed by atoms with Crippen molar-refractivity contribution in [1.82, 2.24) is 9.88 Å². The van der Waals surface area contributed by atoms with E-state index in [2.05, 4.69) is 29.4 Å². The number of hydrogen-bond donors (Lipinski definition) is 0. The Balaban J connectivity index is 2.21. The van der Waals surface area contributed by atoms with E-state index < -0.39 is 11.3 Å². The van der Waals surface area contributed by atoms with Gasteiger partial charge in [0.1, 0.15) is 10.9 Å². The van der Waals surface area contributed by atoms with Crippen molar-refractivity contribution in [1.29, 1.82) is 0 Å². The predicted octanol–water partition coefficient (Wildman–Crippen LogP) is 5.37. The first-order valence-corrected chi connectivity index (χ1v) is 9.94. The number of carbonyl (C=O) groups excluding carboxylic acids is 1. The highest BCUT2D eigenvalue weighted by atomic mass is 79.9. The predicted molar refractivity (Wildman–Crippen MR) is 113 cm³/mol. The number of rotatable bonds is 5. The molecule has 1 aromatic heterocycles. The van der Waals surface area contributed by atoms with Crippen molar-refractivity contribution in [3.05, 3.63) is 76.2 Å². The molecule has 0 unspecified atom stereocenters. The molecule has 3 nitrogen and oxygen atoms in total. The monoisotopic (exact) mass is 428 g/mol. The average Bonchev–Trinajstić information content (AvgIpc) is 3.04. The number of nitrogens with zero attached hydrogens (tertiary/aromatic N) is 2. The Bertz CT molecular complexity index is 951. The van der Waals surface area contributed by atoms with Crippen LogP contribution in [0.4, 0.5) is 0 Å². The fourth-order valence-corrected chi connectivity index (χ4v) is 4.87. The summed E-state index contributed by atoms with van der Waals surface area (Å²) in [5, 5.41) is 0.808. The molecule has 1 amide bonds. The molecule has 3 aromatic rings. The van der Waals surface area contributed by atoms with E-state index in [1.165, 1.54) is 0 Å². The van der Waals surface area contributed by atoms with Gasteiger partial charge >= 0.3 is 0 Å². The van der Waals surface area contributed by atoms with Gasteiger partial charge in [-0.15, -0.1) is 17.9 Å². The molecule has 2 aromatic carbocycles. The highest BCUT2D eigenvalue weighted by molar-refractivity contribution is 9.10. The number of carbonyl (C=O) groups is 1. The minimum absolute atomic E-state index is 0.0226. The van der Waals surface area contributed by atoms with Crippen LogP contribution in [0.15, 0.2) is 65.7 Å². The molecule has 3 rings (SSSR count). The number of likely N-dealkylation sites (N-methyl/N-ethyl adjacent to an activating group) is 1. The van der Waals surface area contributed by atoms with Crippen molar-refractivity contribution >= 4 is 43.4 Å². The van der Waals surface area contributed by atoms with Gasteiger partial charge in [0, 0.05) is 24.0 Å². The van der Waals surface area contributed by atoms with Gasteiger partial charge in [0.2, 0.25) is 5.91 Å². The fraction of sp³-hybridized carbons (Fsp3) is 0.238. The zero-order valence-electron chi connectivity index (χ0n) is 15.1. The lowest BCUT2D eigenvalue weighted by atomic mass is 9.71. The van der Waals surface area contributed by atoms with Crippen LogP contribution < -0.4 is 0 Å². The third-order valence-corrected chi connectivity index (χ3v) is 6.30. The number of fused-ring (bicyclic) bond motifs is 1. The van der Waals surface area contributed by atoms with Gasteiger partial charge in [-0.05, 0) is 23.8 Å². The molecule has 0 saturated heterocycles. The van der Waals surface area contributed by atoms with Crippen LogP contribution in [-0.2, 0) is 10.2 Å². The first-order chi connectivity index (χ1) is 12.4. The number of amides is 1. The molecule has 26 heavy (non-hydrogen) atoms. The second kappa shape index (κ2) is 7.33. The minimum Gasteiger partial charge on any atom is -0.348 e. The lowest BCUT2D eigenvalue weighted by Gasteiger charge is -2.35. The van der Waals surface area contributed by atoms with Crippen molar-refractivity contribution < 1.29 is 4.79 Å². The highest BCUT2D eigenvalue weighted by Crippen LogP contribution is 2.43. The number of thiazole rings is 1. The number of halogens is 1. The third kappa shape index (κ3) is 3.33. The zero-order chi connectivity index (χ0) is 18.9. The van der Waals surface area contributed by atoms with Crippen molar-refractivity contribution in [2.24, 2.45) is 0 Å². The average molecular weight is 429 g/mol. The molecule has 0 N–H and O–H groups in total. The highest BCUT2D eigenvalue weighted by Gasteiger charge is 2.42. The second-order valence-corrected chi connectivity index (χ2v) is 8.66. The Morgan fingerprint density at radius 3 is 2.58 bits per heavy atom. The Labute approximate surface area is 166 Å². The van der Waals surface area contributed by atoms with Crippen LogP contribution >= 0.6 is 27.3 Å². The van der Waals surface area contributed by atoms with Crippen molar-refractivity contribution in [2.75, 3.05) is 14.1 Å². The lowest BCUT2D eigenvalue weighted by Crippen LogP contribution is -2.40. The lowest BCUT2D eigenvalue weighted by molar-refractivity contribution is -0.131. The quantitative estimate of drug-likeness (QED) is 0.511. The molecular formula is C21H21BrN2OS. The van der Waals surface area contributed by atoms with Gasteiger partial charge in [0.25, 0.3) is 0 Å². The summed E-state index contributed by atoms with van der Waals surface area (Å²) in [5.41, 5.74) is 1.40. The van der Waals surface area contributed by atoms with Gasteiger partial charge in [-0.3, -0.25) is 4.79 Å². The SMILES string of the molecule is C=C[C@@](C)(c1ccccc1)[C@@H](C(=O)N(C)C)c1nc2ccc(Br)cc2s1. The molecule has 0 aliphatic rings. The Morgan fingerprint density at radius 2 is 1.96 bits per heavy atom. The van der Waals surface area contributed by atoms with Crippen LogP contribution in [0, 0.1) is 0 Å². The summed E-state index contributed by atoms with van der Waals surface area (Å²) >= 11 is 5.07. The van der Waals surface area contributed by atoms with Gasteiger partial charge in [-0.2, -0.15) is 0 Å². The number of benzene rings is 2. The van der Waals surface area contributed by atoms with Crippen LogP contribution in [0.5, 0.6) is 0 Å². The van der Waals surface area contributed by atoms with E-state index in [4.69, 9.17) is 4.98 Å². The maximum absolute atomic E-state index is 13.2. The molecule has 0 aliphatic carbocycles. The minimum atomic E-state index is -0.562. The maximum Gasteiger partial charge on any atom is 0.233 e. The first-order valence-electron chi connectivity index (χ1n) is 8.33. The summed E-state index contributed by atoms with van der Waals surface area (Å²) in [6, 6.07) is 16.0. The van der Waals surface area contributed by atoms with Crippen molar-refractivity contribution in [3.8, 4) is 0 Å². The molecule has 1 heterocycles. The van der Waals surface area contributed by atoms with Crippen molar-refractivity contribution in [2.45, 2.75) is 18.3 Å². The summed E-state index contributed by atoms with van der Waals surface area (Å²) in [6.07, 6.45) is 1.87. The standard InChI is InChI=1S/C21H21BrN2OS/c1-5-21(2,14-9-7-6-8-10-14)18(20(25)24(3)4)19-23-16-12-11-15(22)13-17(16)26-19/h5-13,18H,1H2,2-4H3/t18-,21+/m1/s1. The van der Waals surface area contributed by atoms with Gasteiger partial charge < -0.3 is 4.90 Å². The summed E-state index contributed by atoms with van der Waals surface area (Å²) in [7, 11) is 3.57. The molecule has 5 heteroatoms. The molecule has 0 aliphatic heterocycles. The van der Waals surface area contributed by atoms with E-state index in [1.807, 2.05) is 54.6 Å². The van der Waals surface area contributed by atoms with E-state index in [1.54, 1.807) is 30.3 Å². The summed E-state index contributed by atoms with van der Waals surface area (Å²) in [4.78, 5) is 19.6. The molecule has 2 atom stereocenters. The van der Waals surface area contributed by atoms with Gasteiger partial charge in [-0.25, -0.2) is 4.98 Å². The summed E-state index contributed by atoms with van der Waals surface area (Å²) in [5.74, 6) is -0.414. The second-order valence-electron chi connectivity index (χ2n) is 6.68. The summed E-state index contributed by atoms with van der Waals surface area (Å²) in [6.45, 7) is 6.12. The van der Waals surface area contributed by atoms with Crippen LogP contribution in [0.2, 0.25) is 0 Å². The van der Waals surface area contributed by atoms with Gasteiger partial charge in [0.15, 0.2) is 0 Å². The van der Waals surface area contributed by atoms with E-state index >= 15 is 0 Å². The van der Waals surface area contributed by atoms with E-state index in [-0.39, 0.29) is 5.91 Å².